The predicted molar refractivity (Wildman–Crippen MR) is 83.5 cm³/mol. The number of hydrogen-bond acceptors (Lipinski definition) is 1. The summed E-state index contributed by atoms with van der Waals surface area (Å²) >= 11 is 0. The van der Waals surface area contributed by atoms with Crippen LogP contribution in [0, 0.1) is 0 Å². The van der Waals surface area contributed by atoms with E-state index in [4.69, 9.17) is 0 Å². The van der Waals surface area contributed by atoms with Crippen LogP contribution in [0.5, 0.6) is 0 Å². The van der Waals surface area contributed by atoms with Gasteiger partial charge in [0.05, 0.1) is 5.57 Å². The van der Waals surface area contributed by atoms with Crippen molar-refractivity contribution in [1.29, 1.82) is 0 Å². The van der Waals surface area contributed by atoms with Crippen molar-refractivity contribution in [2.24, 2.45) is 0 Å². The first-order chi connectivity index (χ1) is 10.3. The molecule has 3 nitrogen and oxygen atoms in total. The molecule has 1 saturated heterocycles. The van der Waals surface area contributed by atoms with Gasteiger partial charge in [0.15, 0.2) is 5.78 Å². The van der Waals surface area contributed by atoms with Gasteiger partial charge in [-0.25, -0.2) is 0 Å². The number of quaternary nitrogens is 2. The summed E-state index contributed by atoms with van der Waals surface area (Å²) in [6.07, 6.45) is 2.11. The number of hydrogen-bond donors (Lipinski definition) is 2. The highest BCUT2D eigenvalue weighted by atomic mass is 16.1. The summed E-state index contributed by atoms with van der Waals surface area (Å²) in [6, 6.07) is 12.3. The van der Waals surface area contributed by atoms with Crippen LogP contribution in [0.2, 0.25) is 0 Å². The fourth-order valence-electron chi connectivity index (χ4n) is 3.56. The quantitative estimate of drug-likeness (QED) is 0.791. The first kappa shape index (κ1) is 12.7. The lowest BCUT2D eigenvalue weighted by molar-refractivity contribution is -0.942. The van der Waals surface area contributed by atoms with E-state index in [-0.39, 0.29) is 5.78 Å². The van der Waals surface area contributed by atoms with Gasteiger partial charge < -0.3 is 10.2 Å². The minimum Gasteiger partial charge on any atom is -0.337 e. The number of benzene rings is 2. The Kier molecular flexibility index (Phi) is 3.09. The molecule has 106 valence electrons. The zero-order valence-corrected chi connectivity index (χ0v) is 12.1. The standard InChI is InChI=1S/C18H18N2O/c21-18-15(12-20-9-7-19-8-10-20)11-14-5-1-3-13-4-2-6-16(18)17(13)14/h1-6,11,19H,7-10,12H2/p+2. The van der Waals surface area contributed by atoms with Crippen LogP contribution < -0.4 is 10.2 Å². The zero-order chi connectivity index (χ0) is 14.2. The zero-order valence-electron chi connectivity index (χ0n) is 12.1. The lowest BCUT2D eigenvalue weighted by Crippen LogP contribution is -3.20. The van der Waals surface area contributed by atoms with Gasteiger partial charge >= 0.3 is 0 Å². The second kappa shape index (κ2) is 5.10. The molecule has 0 saturated carbocycles. The summed E-state index contributed by atoms with van der Waals surface area (Å²) in [4.78, 5) is 14.3. The van der Waals surface area contributed by atoms with Gasteiger partial charge in [0, 0.05) is 10.9 Å². The second-order valence-corrected chi connectivity index (χ2v) is 6.04. The molecule has 3 heteroatoms. The molecule has 1 heterocycles. The van der Waals surface area contributed by atoms with Crippen molar-refractivity contribution in [3.05, 3.63) is 53.1 Å². The molecule has 1 aliphatic carbocycles. The number of carbonyl (C=O) groups excluding carboxylic acids is 1. The molecule has 0 radical (unpaired) electrons. The van der Waals surface area contributed by atoms with Crippen molar-refractivity contribution in [2.45, 2.75) is 0 Å². The highest BCUT2D eigenvalue weighted by Crippen LogP contribution is 2.30. The first-order valence-corrected chi connectivity index (χ1v) is 7.75. The molecule has 0 amide bonds. The van der Waals surface area contributed by atoms with Gasteiger partial charge in [0.2, 0.25) is 0 Å². The van der Waals surface area contributed by atoms with Crippen LogP contribution >= 0.6 is 0 Å². The largest absolute Gasteiger partial charge is 0.337 e. The second-order valence-electron chi connectivity index (χ2n) is 6.04. The molecule has 0 aromatic heterocycles. The molecule has 2 aliphatic rings. The molecular formula is C18H20N2O+2. The molecule has 0 unspecified atom stereocenters. The Bertz CT molecular complexity index is 737. The summed E-state index contributed by atoms with van der Waals surface area (Å²) in [5, 5.41) is 4.64. The SMILES string of the molecule is O=C1C(C[NH+]2CC[NH2+]CC2)=Cc2cccc3cccc1c23. The van der Waals surface area contributed by atoms with Crippen molar-refractivity contribution < 1.29 is 15.0 Å². The maximum atomic E-state index is 12.8. The third kappa shape index (κ3) is 2.19. The molecule has 2 aromatic carbocycles. The molecule has 1 fully saturated rings. The van der Waals surface area contributed by atoms with Crippen molar-refractivity contribution >= 4 is 22.6 Å². The van der Waals surface area contributed by atoms with E-state index < -0.39 is 0 Å². The fraction of sp³-hybridized carbons (Fsp3) is 0.278. The van der Waals surface area contributed by atoms with Crippen molar-refractivity contribution in [3.8, 4) is 0 Å². The van der Waals surface area contributed by atoms with Crippen LogP contribution in [-0.2, 0) is 0 Å². The predicted octanol–water partition coefficient (Wildman–Crippen LogP) is -0.119. The van der Waals surface area contributed by atoms with Crippen LogP contribution in [0.15, 0.2) is 42.0 Å². The Labute approximate surface area is 124 Å². The van der Waals surface area contributed by atoms with Crippen LogP contribution in [0.1, 0.15) is 15.9 Å². The highest BCUT2D eigenvalue weighted by Gasteiger charge is 2.26. The van der Waals surface area contributed by atoms with Crippen molar-refractivity contribution in [2.75, 3.05) is 32.7 Å². The molecule has 0 spiro atoms. The fourth-order valence-corrected chi connectivity index (χ4v) is 3.56. The Morgan fingerprint density at radius 1 is 1.05 bits per heavy atom. The van der Waals surface area contributed by atoms with E-state index in [1.807, 2.05) is 12.1 Å². The number of piperazine rings is 1. The number of Topliss-reactive ketones (excluding diaryl/α,β-unsaturated/α-hetero) is 1. The van der Waals surface area contributed by atoms with E-state index >= 15 is 0 Å². The smallest absolute Gasteiger partial charge is 0.195 e. The molecule has 0 bridgehead atoms. The summed E-state index contributed by atoms with van der Waals surface area (Å²) in [5.41, 5.74) is 3.04. The Hall–Kier alpha value is -1.97. The summed E-state index contributed by atoms with van der Waals surface area (Å²) in [6.45, 7) is 5.50. The minimum atomic E-state index is 0.223. The Balaban J connectivity index is 1.75. The highest BCUT2D eigenvalue weighted by molar-refractivity contribution is 6.22. The number of nitrogens with two attached hydrogens (primary N) is 1. The third-order valence-electron chi connectivity index (χ3n) is 4.65. The van der Waals surface area contributed by atoms with E-state index in [1.54, 1.807) is 0 Å². The lowest BCUT2D eigenvalue weighted by atomic mass is 9.88. The van der Waals surface area contributed by atoms with Gasteiger partial charge in [-0.3, -0.25) is 4.79 Å². The van der Waals surface area contributed by atoms with Gasteiger partial charge in [0.1, 0.15) is 32.7 Å². The van der Waals surface area contributed by atoms with E-state index in [0.29, 0.717) is 0 Å². The van der Waals surface area contributed by atoms with Gasteiger partial charge in [-0.2, -0.15) is 0 Å². The first-order valence-electron chi connectivity index (χ1n) is 7.75. The number of carbonyl (C=O) groups is 1. The summed E-state index contributed by atoms with van der Waals surface area (Å²) in [7, 11) is 0. The Morgan fingerprint density at radius 2 is 1.81 bits per heavy atom. The van der Waals surface area contributed by atoms with Gasteiger partial charge in [-0.1, -0.05) is 36.4 Å². The minimum absolute atomic E-state index is 0.223. The molecule has 21 heavy (non-hydrogen) atoms. The molecule has 4 rings (SSSR count). The molecular weight excluding hydrogens is 260 g/mol. The molecule has 3 N–H and O–H groups in total. The summed E-state index contributed by atoms with van der Waals surface area (Å²) in [5.74, 6) is 0.223. The van der Waals surface area contributed by atoms with Crippen molar-refractivity contribution in [1.82, 2.24) is 0 Å². The maximum Gasteiger partial charge on any atom is 0.195 e. The van der Waals surface area contributed by atoms with Crippen molar-refractivity contribution in [3.63, 3.8) is 0 Å². The number of ketones is 1. The van der Waals surface area contributed by atoms with E-state index in [9.17, 15) is 4.79 Å². The number of nitrogens with one attached hydrogen (secondary N) is 1. The lowest BCUT2D eigenvalue weighted by Gasteiger charge is -2.24. The van der Waals surface area contributed by atoms with Gasteiger partial charge in [-0.05, 0) is 17.0 Å². The maximum absolute atomic E-state index is 12.8. The Morgan fingerprint density at radius 3 is 2.62 bits per heavy atom. The van der Waals surface area contributed by atoms with Crippen LogP contribution in [-0.4, -0.2) is 38.5 Å². The normalized spacial score (nSPS) is 18.9. The third-order valence-corrected chi connectivity index (χ3v) is 4.65. The molecule has 0 atom stereocenters. The van der Waals surface area contributed by atoms with E-state index in [2.05, 4.69) is 35.7 Å². The number of rotatable bonds is 2. The van der Waals surface area contributed by atoms with Gasteiger partial charge in [0.25, 0.3) is 0 Å². The molecule has 2 aromatic rings. The average molecular weight is 280 g/mol. The van der Waals surface area contributed by atoms with E-state index in [1.165, 1.54) is 23.6 Å². The average Bonchev–Trinajstić information content (AvgIpc) is 2.53. The monoisotopic (exact) mass is 280 g/mol. The summed E-state index contributed by atoms with van der Waals surface area (Å²) < 4.78 is 0. The van der Waals surface area contributed by atoms with Crippen LogP contribution in [0.3, 0.4) is 0 Å². The topological polar surface area (TPSA) is 38.1 Å². The molecule has 1 aliphatic heterocycles. The van der Waals surface area contributed by atoms with E-state index in [0.717, 1.165) is 41.5 Å². The van der Waals surface area contributed by atoms with Crippen LogP contribution in [0.4, 0.5) is 0 Å². The van der Waals surface area contributed by atoms with Crippen LogP contribution in [0.25, 0.3) is 16.8 Å². The van der Waals surface area contributed by atoms with Gasteiger partial charge in [-0.15, -0.1) is 0 Å².